The van der Waals surface area contributed by atoms with E-state index in [2.05, 4.69) is 13.0 Å². The van der Waals surface area contributed by atoms with Crippen molar-refractivity contribution in [2.45, 2.75) is 46.1 Å². The Morgan fingerprint density at radius 2 is 2.20 bits per heavy atom. The largest absolute Gasteiger partial charge is 0.341 e. The molecule has 3 nitrogen and oxygen atoms in total. The molecule has 0 radical (unpaired) electrons. The number of nitriles is 1. The maximum Gasteiger partial charge on any atom is 0.242 e. The van der Waals surface area contributed by atoms with E-state index >= 15 is 0 Å². The highest BCUT2D eigenvalue weighted by Crippen LogP contribution is 2.36. The van der Waals surface area contributed by atoms with E-state index in [4.69, 9.17) is 5.26 Å². The quantitative estimate of drug-likeness (QED) is 0.710. The molecule has 0 aromatic heterocycles. The third kappa shape index (κ3) is 2.31. The fraction of sp³-hybridized carbons (Fsp3) is 0.833. The lowest BCUT2D eigenvalue weighted by atomic mass is 9.87. The molecular weight excluding hydrogens is 188 g/mol. The van der Waals surface area contributed by atoms with E-state index in [-0.39, 0.29) is 11.9 Å². The molecule has 0 heterocycles. The lowest BCUT2D eigenvalue weighted by Gasteiger charge is -2.31. The number of nitrogens with zero attached hydrogens (tertiary/aromatic N) is 2. The molecule has 2 unspecified atom stereocenters. The van der Waals surface area contributed by atoms with Crippen LogP contribution >= 0.6 is 0 Å². The summed E-state index contributed by atoms with van der Waals surface area (Å²) in [6, 6.07) is 2.41. The number of amides is 1. The van der Waals surface area contributed by atoms with Crippen LogP contribution in [0.5, 0.6) is 0 Å². The summed E-state index contributed by atoms with van der Waals surface area (Å²) in [5.41, 5.74) is -0.849. The SMILES string of the molecule is CCC(C)(C#N)C(=O)N(C)C(C)C1CC1. The second-order valence-electron chi connectivity index (χ2n) is 4.79. The Labute approximate surface area is 92.1 Å². The van der Waals surface area contributed by atoms with Gasteiger partial charge in [0.15, 0.2) is 0 Å². The minimum Gasteiger partial charge on any atom is -0.341 e. The summed E-state index contributed by atoms with van der Waals surface area (Å²) < 4.78 is 0. The first-order valence-corrected chi connectivity index (χ1v) is 5.64. The van der Waals surface area contributed by atoms with Crippen LogP contribution in [0.1, 0.15) is 40.0 Å². The van der Waals surface area contributed by atoms with Crippen molar-refractivity contribution in [3.8, 4) is 6.07 Å². The number of carbonyl (C=O) groups excluding carboxylic acids is 1. The van der Waals surface area contributed by atoms with E-state index in [1.807, 2.05) is 14.0 Å². The molecule has 0 bridgehead atoms. The van der Waals surface area contributed by atoms with Crippen molar-refractivity contribution in [3.63, 3.8) is 0 Å². The average molecular weight is 208 g/mol. The van der Waals surface area contributed by atoms with E-state index in [0.29, 0.717) is 12.3 Å². The molecule has 0 aliphatic heterocycles. The molecule has 1 aliphatic rings. The van der Waals surface area contributed by atoms with Crippen LogP contribution in [0, 0.1) is 22.7 Å². The second kappa shape index (κ2) is 4.22. The summed E-state index contributed by atoms with van der Waals surface area (Å²) in [5, 5.41) is 9.04. The molecule has 0 aromatic carbocycles. The van der Waals surface area contributed by atoms with Gasteiger partial charge in [-0.2, -0.15) is 5.26 Å². The number of carbonyl (C=O) groups is 1. The lowest BCUT2D eigenvalue weighted by molar-refractivity contribution is -0.139. The molecule has 1 fully saturated rings. The molecule has 1 saturated carbocycles. The van der Waals surface area contributed by atoms with Gasteiger partial charge >= 0.3 is 0 Å². The van der Waals surface area contributed by atoms with Crippen molar-refractivity contribution in [2.24, 2.45) is 11.3 Å². The van der Waals surface area contributed by atoms with Gasteiger partial charge in [0.05, 0.1) is 6.07 Å². The van der Waals surface area contributed by atoms with Gasteiger partial charge in [-0.15, -0.1) is 0 Å². The van der Waals surface area contributed by atoms with Crippen LogP contribution in [0.15, 0.2) is 0 Å². The van der Waals surface area contributed by atoms with Gasteiger partial charge in [0, 0.05) is 13.1 Å². The number of hydrogen-bond acceptors (Lipinski definition) is 2. The summed E-state index contributed by atoms with van der Waals surface area (Å²) >= 11 is 0. The van der Waals surface area contributed by atoms with Gasteiger partial charge in [0.25, 0.3) is 0 Å². The summed E-state index contributed by atoms with van der Waals surface area (Å²) in [4.78, 5) is 13.9. The molecule has 0 aromatic rings. The average Bonchev–Trinajstić information content (AvgIpc) is 3.08. The second-order valence-corrected chi connectivity index (χ2v) is 4.79. The fourth-order valence-electron chi connectivity index (χ4n) is 1.75. The third-order valence-corrected chi connectivity index (χ3v) is 3.66. The van der Waals surface area contributed by atoms with Gasteiger partial charge in [-0.1, -0.05) is 6.92 Å². The van der Waals surface area contributed by atoms with Crippen LogP contribution in [-0.4, -0.2) is 23.9 Å². The molecule has 0 saturated heterocycles. The Bertz CT molecular complexity index is 290. The summed E-state index contributed by atoms with van der Waals surface area (Å²) in [5.74, 6) is 0.616. The zero-order valence-electron chi connectivity index (χ0n) is 10.1. The molecule has 1 rings (SSSR count). The van der Waals surface area contributed by atoms with Crippen molar-refractivity contribution < 1.29 is 4.79 Å². The van der Waals surface area contributed by atoms with Gasteiger partial charge < -0.3 is 4.90 Å². The highest BCUT2D eigenvalue weighted by molar-refractivity contribution is 5.85. The van der Waals surface area contributed by atoms with Crippen LogP contribution in [0.25, 0.3) is 0 Å². The standard InChI is InChI=1S/C12H20N2O/c1-5-12(3,8-13)11(15)14(4)9(2)10-6-7-10/h9-10H,5-7H2,1-4H3. The van der Waals surface area contributed by atoms with Crippen LogP contribution in [0.2, 0.25) is 0 Å². The van der Waals surface area contributed by atoms with Gasteiger partial charge in [-0.05, 0) is 39.0 Å². The van der Waals surface area contributed by atoms with E-state index in [9.17, 15) is 4.79 Å². The summed E-state index contributed by atoms with van der Waals surface area (Å²) in [6.45, 7) is 5.69. The van der Waals surface area contributed by atoms with Crippen LogP contribution < -0.4 is 0 Å². The monoisotopic (exact) mass is 208 g/mol. The summed E-state index contributed by atoms with van der Waals surface area (Å²) in [7, 11) is 1.82. The van der Waals surface area contributed by atoms with Gasteiger partial charge in [0.2, 0.25) is 5.91 Å². The smallest absolute Gasteiger partial charge is 0.242 e. The van der Waals surface area contributed by atoms with Crippen molar-refractivity contribution in [1.29, 1.82) is 5.26 Å². The van der Waals surface area contributed by atoms with Crippen LogP contribution in [0.4, 0.5) is 0 Å². The Balaban J connectivity index is 2.70. The van der Waals surface area contributed by atoms with Crippen molar-refractivity contribution in [2.75, 3.05) is 7.05 Å². The lowest BCUT2D eigenvalue weighted by Crippen LogP contribution is -2.44. The third-order valence-electron chi connectivity index (χ3n) is 3.66. The molecule has 0 spiro atoms. The van der Waals surface area contributed by atoms with Crippen molar-refractivity contribution in [3.05, 3.63) is 0 Å². The van der Waals surface area contributed by atoms with E-state index < -0.39 is 5.41 Å². The predicted octanol–water partition coefficient (Wildman–Crippen LogP) is 2.18. The molecule has 1 aliphatic carbocycles. The zero-order chi connectivity index (χ0) is 11.6. The predicted molar refractivity (Wildman–Crippen MR) is 59.0 cm³/mol. The number of hydrogen-bond donors (Lipinski definition) is 0. The Morgan fingerprint density at radius 3 is 2.53 bits per heavy atom. The fourth-order valence-corrected chi connectivity index (χ4v) is 1.75. The van der Waals surface area contributed by atoms with Gasteiger partial charge in [-0.3, -0.25) is 4.79 Å². The first-order valence-electron chi connectivity index (χ1n) is 5.64. The minimum absolute atomic E-state index is 0.0353. The first kappa shape index (κ1) is 12.0. The molecule has 0 N–H and O–H groups in total. The van der Waals surface area contributed by atoms with Gasteiger partial charge in [-0.25, -0.2) is 0 Å². The van der Waals surface area contributed by atoms with Crippen LogP contribution in [0.3, 0.4) is 0 Å². The zero-order valence-corrected chi connectivity index (χ0v) is 10.1. The topological polar surface area (TPSA) is 44.1 Å². The normalized spacial score (nSPS) is 21.3. The summed E-state index contributed by atoms with van der Waals surface area (Å²) in [6.07, 6.45) is 3.01. The molecular formula is C12H20N2O. The van der Waals surface area contributed by atoms with E-state index in [1.165, 1.54) is 12.8 Å². The van der Waals surface area contributed by atoms with E-state index in [0.717, 1.165) is 0 Å². The molecule has 2 atom stereocenters. The Hall–Kier alpha value is -1.04. The Kier molecular flexibility index (Phi) is 3.38. The van der Waals surface area contributed by atoms with Gasteiger partial charge in [0.1, 0.15) is 5.41 Å². The molecule has 84 valence electrons. The Morgan fingerprint density at radius 1 is 1.67 bits per heavy atom. The van der Waals surface area contributed by atoms with Crippen LogP contribution in [-0.2, 0) is 4.79 Å². The number of rotatable bonds is 4. The van der Waals surface area contributed by atoms with E-state index in [1.54, 1.807) is 11.8 Å². The maximum atomic E-state index is 12.1. The first-order chi connectivity index (χ1) is 6.96. The minimum atomic E-state index is -0.849. The highest BCUT2D eigenvalue weighted by Gasteiger charge is 2.39. The molecule has 3 heteroatoms. The highest BCUT2D eigenvalue weighted by atomic mass is 16.2. The van der Waals surface area contributed by atoms with Crippen molar-refractivity contribution >= 4 is 5.91 Å². The van der Waals surface area contributed by atoms with Crippen molar-refractivity contribution in [1.82, 2.24) is 4.90 Å². The molecule has 15 heavy (non-hydrogen) atoms. The maximum absolute atomic E-state index is 12.1. The molecule has 1 amide bonds.